The quantitative estimate of drug-likeness (QED) is 0.800. The molecule has 0 spiro atoms. The molecule has 1 amide bonds. The summed E-state index contributed by atoms with van der Waals surface area (Å²) in [7, 11) is 0. The van der Waals surface area contributed by atoms with Crippen LogP contribution in [0.25, 0.3) is 0 Å². The summed E-state index contributed by atoms with van der Waals surface area (Å²) in [5.41, 5.74) is 3.15. The molecule has 0 aromatic heterocycles. The molecule has 2 aromatic rings. The van der Waals surface area contributed by atoms with Crippen LogP contribution in [0.1, 0.15) is 25.0 Å². The van der Waals surface area contributed by atoms with Crippen molar-refractivity contribution in [1.29, 1.82) is 5.26 Å². The summed E-state index contributed by atoms with van der Waals surface area (Å²) in [5, 5.41) is 12.0. The van der Waals surface area contributed by atoms with Crippen molar-refractivity contribution < 1.29 is 4.79 Å². The lowest BCUT2D eigenvalue weighted by atomic mass is 10.0. The van der Waals surface area contributed by atoms with Crippen LogP contribution in [-0.4, -0.2) is 30.4 Å². The lowest BCUT2D eigenvalue weighted by Gasteiger charge is -2.21. The molecule has 2 rings (SSSR count). The van der Waals surface area contributed by atoms with Crippen LogP contribution in [0.15, 0.2) is 54.6 Å². The predicted octanol–water partition coefficient (Wildman–Crippen LogP) is 3.70. The SMILES string of the molecule is CCN(CC(=O)Nc1ccccc1Cc1ccccc1)C[C@H](C)C#N. The first-order chi connectivity index (χ1) is 12.1. The van der Waals surface area contributed by atoms with Crippen LogP contribution in [0.5, 0.6) is 0 Å². The van der Waals surface area contributed by atoms with E-state index in [-0.39, 0.29) is 11.8 Å². The fourth-order valence-electron chi connectivity index (χ4n) is 2.74. The van der Waals surface area contributed by atoms with Gasteiger partial charge in [0.2, 0.25) is 5.91 Å². The molecule has 0 heterocycles. The van der Waals surface area contributed by atoms with Gasteiger partial charge in [-0.25, -0.2) is 0 Å². The Morgan fingerprint density at radius 3 is 2.52 bits per heavy atom. The molecule has 0 radical (unpaired) electrons. The van der Waals surface area contributed by atoms with E-state index in [1.165, 1.54) is 5.56 Å². The number of benzene rings is 2. The summed E-state index contributed by atoms with van der Waals surface area (Å²) in [6, 6.07) is 20.3. The first kappa shape index (κ1) is 18.7. The number of likely N-dealkylation sites (N-methyl/N-ethyl adjacent to an activating group) is 1. The van der Waals surface area contributed by atoms with Gasteiger partial charge in [-0.3, -0.25) is 9.69 Å². The maximum atomic E-state index is 12.4. The van der Waals surface area contributed by atoms with Crippen molar-refractivity contribution in [3.63, 3.8) is 0 Å². The van der Waals surface area contributed by atoms with Gasteiger partial charge in [0.1, 0.15) is 0 Å². The highest BCUT2D eigenvalue weighted by atomic mass is 16.2. The van der Waals surface area contributed by atoms with Crippen molar-refractivity contribution >= 4 is 11.6 Å². The molecule has 0 bridgehead atoms. The van der Waals surface area contributed by atoms with E-state index in [4.69, 9.17) is 5.26 Å². The minimum Gasteiger partial charge on any atom is -0.325 e. The highest BCUT2D eigenvalue weighted by Crippen LogP contribution is 2.19. The van der Waals surface area contributed by atoms with E-state index >= 15 is 0 Å². The van der Waals surface area contributed by atoms with Crippen LogP contribution in [0.2, 0.25) is 0 Å². The number of carbonyl (C=O) groups excluding carboxylic acids is 1. The summed E-state index contributed by atoms with van der Waals surface area (Å²) in [6.45, 7) is 5.51. The number of nitrogens with one attached hydrogen (secondary N) is 1. The van der Waals surface area contributed by atoms with Crippen LogP contribution in [0.4, 0.5) is 5.69 Å². The summed E-state index contributed by atoms with van der Waals surface area (Å²) >= 11 is 0. The Kier molecular flexibility index (Phi) is 7.18. The number of hydrogen-bond acceptors (Lipinski definition) is 3. The number of para-hydroxylation sites is 1. The molecule has 1 N–H and O–H groups in total. The van der Waals surface area contributed by atoms with Gasteiger partial charge in [-0.05, 0) is 37.1 Å². The maximum absolute atomic E-state index is 12.4. The second-order valence-electron chi connectivity index (χ2n) is 6.23. The zero-order valence-electron chi connectivity index (χ0n) is 14.9. The molecule has 1 atom stereocenters. The third kappa shape index (κ3) is 6.06. The molecule has 0 unspecified atom stereocenters. The molecule has 0 aliphatic heterocycles. The number of carbonyl (C=O) groups is 1. The highest BCUT2D eigenvalue weighted by molar-refractivity contribution is 5.93. The van der Waals surface area contributed by atoms with Crippen molar-refractivity contribution in [2.45, 2.75) is 20.3 Å². The number of rotatable bonds is 8. The maximum Gasteiger partial charge on any atom is 0.238 e. The monoisotopic (exact) mass is 335 g/mol. The summed E-state index contributed by atoms with van der Waals surface area (Å²) in [5.74, 6) is -0.134. The standard InChI is InChI=1S/C21H25N3O/c1-3-24(15-17(2)14-22)16-21(25)23-20-12-8-7-11-19(20)13-18-9-5-4-6-10-18/h4-12,17H,3,13,15-16H2,1-2H3,(H,23,25)/t17-/m1/s1. The zero-order chi connectivity index (χ0) is 18.1. The molecule has 4 heteroatoms. The third-order valence-electron chi connectivity index (χ3n) is 4.10. The van der Waals surface area contributed by atoms with E-state index in [0.717, 1.165) is 24.2 Å². The molecular formula is C21H25N3O. The Hall–Kier alpha value is -2.64. The van der Waals surface area contributed by atoms with Crippen LogP contribution < -0.4 is 5.32 Å². The number of nitriles is 1. The first-order valence-electron chi connectivity index (χ1n) is 8.66. The van der Waals surface area contributed by atoms with E-state index in [0.29, 0.717) is 13.1 Å². The molecule has 130 valence electrons. The molecule has 0 saturated heterocycles. The van der Waals surface area contributed by atoms with E-state index in [9.17, 15) is 4.79 Å². The van der Waals surface area contributed by atoms with Gasteiger partial charge < -0.3 is 5.32 Å². The van der Waals surface area contributed by atoms with Gasteiger partial charge in [0.05, 0.1) is 18.5 Å². The van der Waals surface area contributed by atoms with Crippen molar-refractivity contribution in [2.75, 3.05) is 25.0 Å². The molecule has 0 fully saturated rings. The zero-order valence-corrected chi connectivity index (χ0v) is 14.9. The van der Waals surface area contributed by atoms with Crippen LogP contribution >= 0.6 is 0 Å². The van der Waals surface area contributed by atoms with Gasteiger partial charge in [-0.15, -0.1) is 0 Å². The van der Waals surface area contributed by atoms with Gasteiger partial charge in [-0.2, -0.15) is 5.26 Å². The van der Waals surface area contributed by atoms with E-state index in [1.54, 1.807) is 0 Å². The van der Waals surface area contributed by atoms with E-state index < -0.39 is 0 Å². The van der Waals surface area contributed by atoms with Gasteiger partial charge in [0, 0.05) is 12.2 Å². The van der Waals surface area contributed by atoms with Crippen LogP contribution in [0, 0.1) is 17.2 Å². The molecule has 0 saturated carbocycles. The third-order valence-corrected chi connectivity index (χ3v) is 4.10. The lowest BCUT2D eigenvalue weighted by molar-refractivity contribution is -0.117. The topological polar surface area (TPSA) is 56.1 Å². The number of hydrogen-bond donors (Lipinski definition) is 1. The molecule has 4 nitrogen and oxygen atoms in total. The molecule has 0 aliphatic rings. The number of anilines is 1. The van der Waals surface area contributed by atoms with Crippen molar-refractivity contribution in [3.8, 4) is 6.07 Å². The summed E-state index contributed by atoms with van der Waals surface area (Å²) in [4.78, 5) is 14.4. The predicted molar refractivity (Wildman–Crippen MR) is 101 cm³/mol. The minimum absolute atomic E-state index is 0.0486. The van der Waals surface area contributed by atoms with Crippen molar-refractivity contribution in [3.05, 3.63) is 65.7 Å². The van der Waals surface area contributed by atoms with Crippen molar-refractivity contribution in [2.24, 2.45) is 5.92 Å². The Bertz CT molecular complexity index is 721. The lowest BCUT2D eigenvalue weighted by Crippen LogP contribution is -2.36. The first-order valence-corrected chi connectivity index (χ1v) is 8.66. The fraction of sp³-hybridized carbons (Fsp3) is 0.333. The Labute approximate surface area is 150 Å². The Balaban J connectivity index is 2.02. The van der Waals surface area contributed by atoms with Crippen LogP contribution in [-0.2, 0) is 11.2 Å². The van der Waals surface area contributed by atoms with Gasteiger partial charge in [0.15, 0.2) is 0 Å². The number of amides is 1. The second-order valence-corrected chi connectivity index (χ2v) is 6.23. The molecule has 2 aromatic carbocycles. The smallest absolute Gasteiger partial charge is 0.238 e. The highest BCUT2D eigenvalue weighted by Gasteiger charge is 2.13. The summed E-state index contributed by atoms with van der Waals surface area (Å²) < 4.78 is 0. The summed E-state index contributed by atoms with van der Waals surface area (Å²) in [6.07, 6.45) is 0.778. The largest absolute Gasteiger partial charge is 0.325 e. The molecule has 0 aliphatic carbocycles. The van der Waals surface area contributed by atoms with E-state index in [1.807, 2.05) is 61.2 Å². The number of nitrogens with zero attached hydrogens (tertiary/aromatic N) is 2. The fourth-order valence-corrected chi connectivity index (χ4v) is 2.74. The van der Waals surface area contributed by atoms with E-state index in [2.05, 4.69) is 23.5 Å². The van der Waals surface area contributed by atoms with Crippen molar-refractivity contribution in [1.82, 2.24) is 4.90 Å². The normalized spacial score (nSPS) is 11.8. The molecule has 25 heavy (non-hydrogen) atoms. The second kappa shape index (κ2) is 9.61. The Morgan fingerprint density at radius 2 is 1.84 bits per heavy atom. The molecular weight excluding hydrogens is 310 g/mol. The average Bonchev–Trinajstić information content (AvgIpc) is 2.63. The Morgan fingerprint density at radius 1 is 1.16 bits per heavy atom. The van der Waals surface area contributed by atoms with Gasteiger partial charge in [0.25, 0.3) is 0 Å². The van der Waals surface area contributed by atoms with Gasteiger partial charge in [-0.1, -0.05) is 55.5 Å². The average molecular weight is 335 g/mol. The van der Waals surface area contributed by atoms with Gasteiger partial charge >= 0.3 is 0 Å². The van der Waals surface area contributed by atoms with Crippen LogP contribution in [0.3, 0.4) is 0 Å². The minimum atomic E-state index is -0.0851.